The van der Waals surface area contributed by atoms with Crippen LogP contribution in [-0.2, 0) is 10.2 Å². The Morgan fingerprint density at radius 3 is 1.85 bits per heavy atom. The Balaban J connectivity index is 2.15. The van der Waals surface area contributed by atoms with Crippen molar-refractivity contribution in [2.75, 3.05) is 0 Å². The van der Waals surface area contributed by atoms with Crippen molar-refractivity contribution < 1.29 is 24.2 Å². The van der Waals surface area contributed by atoms with Gasteiger partial charge in [0.15, 0.2) is 23.1 Å². The lowest BCUT2D eigenvalue weighted by Crippen LogP contribution is -2.74. The van der Waals surface area contributed by atoms with Crippen molar-refractivity contribution in [2.45, 2.75) is 114 Å². The van der Waals surface area contributed by atoms with Gasteiger partial charge in [-0.2, -0.15) is 0 Å². The number of hydrogen-bond donors (Lipinski definition) is 2. The zero-order chi connectivity index (χ0) is 34.6. The summed E-state index contributed by atoms with van der Waals surface area (Å²) in [5, 5.41) is 20.6. The molecule has 0 spiro atoms. The van der Waals surface area contributed by atoms with Gasteiger partial charge >= 0.3 is 0 Å². The fraction of sp³-hybridized carbons (Fsp3) is 0.525. The molecule has 46 heavy (non-hydrogen) atoms. The monoisotopic (exact) mass is 628 g/mol. The normalized spacial score (nSPS) is 24.8. The SMILES string of the molecule is CC(C)=CCCC(C)=CC[C@@H]1C(C)(C)[C@@]2(CC=C(C)C)C(=O)c3c(oc4cc(O)c(O)cc4c3=O)[C@](CC=C(C)C)(C2=O)C1(C)C. The summed E-state index contributed by atoms with van der Waals surface area (Å²) < 4.78 is 6.51. The summed E-state index contributed by atoms with van der Waals surface area (Å²) in [5.41, 5.74) is -0.662. The minimum Gasteiger partial charge on any atom is -0.504 e. The van der Waals surface area contributed by atoms with Gasteiger partial charge in [-0.15, -0.1) is 0 Å². The average Bonchev–Trinajstić information content (AvgIpc) is 2.93. The molecule has 1 aromatic heterocycles. The highest BCUT2D eigenvalue weighted by molar-refractivity contribution is 6.23. The number of Topliss-reactive ketones (excluding diaryl/α,β-unsaturated/α-hetero) is 2. The number of allylic oxidation sites excluding steroid dienone is 8. The molecule has 4 rings (SSSR count). The molecule has 1 heterocycles. The fourth-order valence-electron chi connectivity index (χ4n) is 8.39. The molecule has 0 unspecified atom stereocenters. The summed E-state index contributed by atoms with van der Waals surface area (Å²) in [5.74, 6) is -1.74. The van der Waals surface area contributed by atoms with Gasteiger partial charge in [-0.25, -0.2) is 0 Å². The summed E-state index contributed by atoms with van der Waals surface area (Å²) in [6.45, 7) is 22.4. The van der Waals surface area contributed by atoms with Crippen molar-refractivity contribution in [3.63, 3.8) is 0 Å². The summed E-state index contributed by atoms with van der Waals surface area (Å²) in [6.07, 6.45) is 11.4. The molecule has 0 aliphatic heterocycles. The second-order valence-electron chi connectivity index (χ2n) is 15.5. The van der Waals surface area contributed by atoms with E-state index in [9.17, 15) is 15.0 Å². The molecule has 6 heteroatoms. The first-order valence-corrected chi connectivity index (χ1v) is 16.5. The second-order valence-corrected chi connectivity index (χ2v) is 15.5. The lowest BCUT2D eigenvalue weighted by atomic mass is 9.33. The van der Waals surface area contributed by atoms with Gasteiger partial charge in [0.25, 0.3) is 0 Å². The van der Waals surface area contributed by atoms with Crippen LogP contribution in [0.25, 0.3) is 11.0 Å². The number of benzene rings is 1. The van der Waals surface area contributed by atoms with E-state index in [1.807, 2.05) is 53.7 Å². The molecule has 2 bridgehead atoms. The Morgan fingerprint density at radius 1 is 0.761 bits per heavy atom. The van der Waals surface area contributed by atoms with Gasteiger partial charge < -0.3 is 14.6 Å². The quantitative estimate of drug-likeness (QED) is 0.163. The minimum absolute atomic E-state index is 0.00774. The predicted molar refractivity (Wildman–Crippen MR) is 185 cm³/mol. The molecule has 2 N–H and O–H groups in total. The molecule has 2 aliphatic rings. The van der Waals surface area contributed by atoms with Gasteiger partial charge in [-0.3, -0.25) is 14.4 Å². The Hall–Kier alpha value is -3.67. The number of hydrogen-bond acceptors (Lipinski definition) is 6. The topological polar surface area (TPSA) is 105 Å². The number of rotatable bonds is 9. The third kappa shape index (κ3) is 5.22. The summed E-state index contributed by atoms with van der Waals surface area (Å²) in [6, 6.07) is 2.33. The van der Waals surface area contributed by atoms with Crippen LogP contribution < -0.4 is 5.43 Å². The number of phenolic OH excluding ortho intramolecular Hbond substituents is 2. The van der Waals surface area contributed by atoms with Gasteiger partial charge in [-0.1, -0.05) is 74.3 Å². The van der Waals surface area contributed by atoms with E-state index >= 15 is 9.59 Å². The van der Waals surface area contributed by atoms with Crippen molar-refractivity contribution in [3.05, 3.63) is 80.3 Å². The van der Waals surface area contributed by atoms with E-state index in [1.54, 1.807) is 0 Å². The van der Waals surface area contributed by atoms with Crippen molar-refractivity contribution >= 4 is 22.5 Å². The molecule has 1 fully saturated rings. The van der Waals surface area contributed by atoms with E-state index in [0.717, 1.165) is 30.1 Å². The van der Waals surface area contributed by atoms with Gasteiger partial charge in [0.2, 0.25) is 5.43 Å². The Bertz CT molecular complexity index is 1760. The number of ketones is 2. The summed E-state index contributed by atoms with van der Waals surface area (Å²) in [7, 11) is 0. The van der Waals surface area contributed by atoms with E-state index in [0.29, 0.717) is 6.42 Å². The highest BCUT2D eigenvalue weighted by Gasteiger charge is 2.77. The highest BCUT2D eigenvalue weighted by atomic mass is 16.3. The predicted octanol–water partition coefficient (Wildman–Crippen LogP) is 9.67. The van der Waals surface area contributed by atoms with Gasteiger partial charge in [0.1, 0.15) is 22.3 Å². The maximum absolute atomic E-state index is 15.6. The highest BCUT2D eigenvalue weighted by Crippen LogP contribution is 2.71. The van der Waals surface area contributed by atoms with E-state index < -0.39 is 44.4 Å². The van der Waals surface area contributed by atoms with Gasteiger partial charge in [-0.05, 0) is 103 Å². The van der Waals surface area contributed by atoms with Gasteiger partial charge in [0, 0.05) is 6.07 Å². The fourth-order valence-corrected chi connectivity index (χ4v) is 8.39. The van der Waals surface area contributed by atoms with E-state index in [1.165, 1.54) is 17.2 Å². The molecule has 248 valence electrons. The average molecular weight is 629 g/mol. The van der Waals surface area contributed by atoms with E-state index in [2.05, 4.69) is 46.8 Å². The zero-order valence-corrected chi connectivity index (χ0v) is 29.6. The third-order valence-electron chi connectivity index (χ3n) is 11.1. The third-order valence-corrected chi connectivity index (χ3v) is 11.1. The van der Waals surface area contributed by atoms with Crippen LogP contribution >= 0.6 is 0 Å². The zero-order valence-electron chi connectivity index (χ0n) is 29.6. The first-order chi connectivity index (χ1) is 21.3. The molecule has 2 aliphatic carbocycles. The summed E-state index contributed by atoms with van der Waals surface area (Å²) >= 11 is 0. The molecule has 0 radical (unpaired) electrons. The number of phenols is 2. The standard InChI is InChI=1S/C40H52O6/c1-23(2)13-12-14-26(7)15-16-31-37(8,9)39(19-17-24(3)4)34(44)32-33(43)27-21-28(41)29(42)22-30(27)46-35(32)40(36(39)45,38(31,10)11)20-18-25(5)6/h13,15,17-18,21-22,31,41-42H,12,14,16,19-20H2,1-11H3/t31-,39+,40-/m1/s1. The Labute approximate surface area is 274 Å². The van der Waals surface area contributed by atoms with Crippen LogP contribution in [0.3, 0.4) is 0 Å². The number of carbonyl (C=O) groups is 2. The molecular weight excluding hydrogens is 576 g/mol. The van der Waals surface area contributed by atoms with Gasteiger partial charge in [0.05, 0.1) is 10.8 Å². The molecule has 3 atom stereocenters. The molecule has 6 nitrogen and oxygen atoms in total. The van der Waals surface area contributed by atoms with Crippen LogP contribution in [0, 0.1) is 22.2 Å². The summed E-state index contributed by atoms with van der Waals surface area (Å²) in [4.78, 5) is 45.1. The molecule has 1 aromatic carbocycles. The van der Waals surface area contributed by atoms with Crippen LogP contribution in [0.15, 0.2) is 67.9 Å². The molecule has 0 amide bonds. The van der Waals surface area contributed by atoms with Crippen molar-refractivity contribution in [2.24, 2.45) is 22.2 Å². The molecular formula is C40H52O6. The van der Waals surface area contributed by atoms with Crippen molar-refractivity contribution in [3.8, 4) is 11.5 Å². The number of aromatic hydroxyl groups is 2. The maximum Gasteiger partial charge on any atom is 0.204 e. The van der Waals surface area contributed by atoms with Crippen LogP contribution in [0.2, 0.25) is 0 Å². The van der Waals surface area contributed by atoms with E-state index in [-0.39, 0.29) is 46.8 Å². The first-order valence-electron chi connectivity index (χ1n) is 16.5. The maximum atomic E-state index is 15.6. The Kier molecular flexibility index (Phi) is 9.31. The molecule has 1 saturated carbocycles. The van der Waals surface area contributed by atoms with E-state index in [4.69, 9.17) is 4.42 Å². The number of fused-ring (bicyclic) bond motifs is 5. The first kappa shape index (κ1) is 35.2. The minimum atomic E-state index is -1.53. The lowest BCUT2D eigenvalue weighted by Gasteiger charge is -2.67. The second kappa shape index (κ2) is 12.2. The molecule has 2 aromatic rings. The largest absolute Gasteiger partial charge is 0.504 e. The van der Waals surface area contributed by atoms with Crippen LogP contribution in [0.4, 0.5) is 0 Å². The molecule has 0 saturated heterocycles. The van der Waals surface area contributed by atoms with Crippen LogP contribution in [0.1, 0.15) is 124 Å². The van der Waals surface area contributed by atoms with Crippen LogP contribution in [-0.4, -0.2) is 21.8 Å². The van der Waals surface area contributed by atoms with Crippen molar-refractivity contribution in [1.82, 2.24) is 0 Å². The van der Waals surface area contributed by atoms with Crippen molar-refractivity contribution in [1.29, 1.82) is 0 Å². The Morgan fingerprint density at radius 2 is 1.28 bits per heavy atom. The number of carbonyl (C=O) groups excluding carboxylic acids is 2. The smallest absolute Gasteiger partial charge is 0.204 e. The lowest BCUT2D eigenvalue weighted by molar-refractivity contribution is -0.173. The van der Waals surface area contributed by atoms with Crippen LogP contribution in [0.5, 0.6) is 11.5 Å².